The van der Waals surface area contributed by atoms with E-state index in [0.29, 0.717) is 0 Å². The second kappa shape index (κ2) is 3.94. The monoisotopic (exact) mass is 142 g/mol. The van der Waals surface area contributed by atoms with Gasteiger partial charge in [0.15, 0.2) is 0 Å². The molecule has 0 spiro atoms. The Bertz CT molecular complexity index is 93.3. The third-order valence-corrected chi connectivity index (χ3v) is 2.28. The lowest BCUT2D eigenvalue weighted by molar-refractivity contribution is 0.510. The molecule has 0 aromatic carbocycles. The van der Waals surface area contributed by atoms with E-state index >= 15 is 0 Å². The average molecular weight is 142 g/mol. The summed E-state index contributed by atoms with van der Waals surface area (Å²) in [7, 11) is 2.01. The van der Waals surface area contributed by atoms with Gasteiger partial charge >= 0.3 is 0 Å². The highest BCUT2D eigenvalue weighted by atomic mass is 15.0. The maximum atomic E-state index is 3.58. The molecule has 1 fully saturated rings. The summed E-state index contributed by atoms with van der Waals surface area (Å²) >= 11 is 0. The molecule has 1 aliphatic heterocycles. The van der Waals surface area contributed by atoms with E-state index in [1.165, 1.54) is 19.3 Å². The fourth-order valence-corrected chi connectivity index (χ4v) is 1.63. The van der Waals surface area contributed by atoms with Crippen molar-refractivity contribution >= 4 is 0 Å². The Hall–Kier alpha value is -0.0800. The van der Waals surface area contributed by atoms with Crippen molar-refractivity contribution in [2.45, 2.75) is 38.3 Å². The van der Waals surface area contributed by atoms with E-state index in [9.17, 15) is 0 Å². The first-order valence-electron chi connectivity index (χ1n) is 4.27. The molecule has 1 rings (SSSR count). The molecule has 2 heteroatoms. The van der Waals surface area contributed by atoms with E-state index < -0.39 is 0 Å². The molecule has 0 saturated carbocycles. The van der Waals surface area contributed by atoms with Crippen molar-refractivity contribution in [3.63, 3.8) is 0 Å². The van der Waals surface area contributed by atoms with Gasteiger partial charge in [0.25, 0.3) is 0 Å². The minimum atomic E-state index is 0.731. The minimum absolute atomic E-state index is 0.731. The number of likely N-dealkylation sites (N-methyl/N-ethyl adjacent to an activating group) is 1. The largest absolute Gasteiger partial charge is 0.318 e. The smallest absolute Gasteiger partial charge is 0.0195 e. The maximum absolute atomic E-state index is 3.58. The Kier molecular flexibility index (Phi) is 3.16. The summed E-state index contributed by atoms with van der Waals surface area (Å²) in [5.74, 6) is 0. The molecule has 2 nitrogen and oxygen atoms in total. The Morgan fingerprint density at radius 2 is 2.10 bits per heavy atom. The molecule has 2 N–H and O–H groups in total. The van der Waals surface area contributed by atoms with E-state index in [2.05, 4.69) is 17.6 Å². The van der Waals surface area contributed by atoms with Crippen molar-refractivity contribution in [1.82, 2.24) is 10.6 Å². The fraction of sp³-hybridized carbons (Fsp3) is 1.00. The van der Waals surface area contributed by atoms with Crippen LogP contribution in [0.3, 0.4) is 0 Å². The van der Waals surface area contributed by atoms with Crippen LogP contribution in [-0.4, -0.2) is 25.7 Å². The number of rotatable bonds is 3. The van der Waals surface area contributed by atoms with Gasteiger partial charge in [0.1, 0.15) is 0 Å². The van der Waals surface area contributed by atoms with Gasteiger partial charge in [-0.2, -0.15) is 0 Å². The standard InChI is InChI=1S/C8H18N2/c1-3-7-4-5-8(10-7)6-9-2/h7-10H,3-6H2,1-2H3. The Balaban J connectivity index is 2.15. The highest BCUT2D eigenvalue weighted by molar-refractivity contribution is 4.83. The molecule has 0 aliphatic carbocycles. The molecule has 0 radical (unpaired) electrons. The molecule has 0 aromatic heterocycles. The van der Waals surface area contributed by atoms with Crippen molar-refractivity contribution in [2.24, 2.45) is 0 Å². The molecule has 0 aromatic rings. The molecule has 10 heavy (non-hydrogen) atoms. The molecular weight excluding hydrogens is 124 g/mol. The second-order valence-electron chi connectivity index (χ2n) is 3.10. The van der Waals surface area contributed by atoms with Crippen LogP contribution < -0.4 is 10.6 Å². The van der Waals surface area contributed by atoms with Gasteiger partial charge in [-0.05, 0) is 26.3 Å². The lowest BCUT2D eigenvalue weighted by Crippen LogP contribution is -2.35. The van der Waals surface area contributed by atoms with E-state index in [4.69, 9.17) is 0 Å². The van der Waals surface area contributed by atoms with Crippen molar-refractivity contribution < 1.29 is 0 Å². The summed E-state index contributed by atoms with van der Waals surface area (Å²) in [6.45, 7) is 3.37. The predicted octanol–water partition coefficient (Wildman–Crippen LogP) is 0.736. The lowest BCUT2D eigenvalue weighted by atomic mass is 10.1. The zero-order valence-corrected chi connectivity index (χ0v) is 6.98. The molecular formula is C8H18N2. The summed E-state index contributed by atoms with van der Waals surface area (Å²) in [5.41, 5.74) is 0. The quantitative estimate of drug-likeness (QED) is 0.607. The van der Waals surface area contributed by atoms with Gasteiger partial charge in [-0.3, -0.25) is 0 Å². The van der Waals surface area contributed by atoms with Crippen LogP contribution in [0.15, 0.2) is 0 Å². The van der Waals surface area contributed by atoms with Crippen LogP contribution in [0.4, 0.5) is 0 Å². The Morgan fingerprint density at radius 1 is 1.40 bits per heavy atom. The Labute approximate surface area is 63.4 Å². The number of hydrogen-bond donors (Lipinski definition) is 2. The summed E-state index contributed by atoms with van der Waals surface area (Å²) in [6.07, 6.45) is 3.99. The third-order valence-electron chi connectivity index (χ3n) is 2.28. The van der Waals surface area contributed by atoms with E-state index in [0.717, 1.165) is 18.6 Å². The van der Waals surface area contributed by atoms with E-state index in [-0.39, 0.29) is 0 Å². The summed E-state index contributed by atoms with van der Waals surface area (Å²) < 4.78 is 0. The molecule has 0 bridgehead atoms. The van der Waals surface area contributed by atoms with Crippen molar-refractivity contribution in [2.75, 3.05) is 13.6 Å². The first-order chi connectivity index (χ1) is 4.86. The van der Waals surface area contributed by atoms with Gasteiger partial charge in [-0.25, -0.2) is 0 Å². The SMILES string of the molecule is CCC1CCC(CNC)N1. The van der Waals surface area contributed by atoms with E-state index in [1.54, 1.807) is 0 Å². The third kappa shape index (κ3) is 1.96. The normalized spacial score (nSPS) is 33.0. The van der Waals surface area contributed by atoms with Gasteiger partial charge in [-0.15, -0.1) is 0 Å². The van der Waals surface area contributed by atoms with Gasteiger partial charge < -0.3 is 10.6 Å². The van der Waals surface area contributed by atoms with Gasteiger partial charge in [-0.1, -0.05) is 6.92 Å². The van der Waals surface area contributed by atoms with Crippen molar-refractivity contribution in [1.29, 1.82) is 0 Å². The second-order valence-corrected chi connectivity index (χ2v) is 3.10. The van der Waals surface area contributed by atoms with Crippen LogP contribution in [-0.2, 0) is 0 Å². The summed E-state index contributed by atoms with van der Waals surface area (Å²) in [4.78, 5) is 0. The molecule has 60 valence electrons. The zero-order chi connectivity index (χ0) is 7.40. The topological polar surface area (TPSA) is 24.1 Å². The van der Waals surface area contributed by atoms with Crippen LogP contribution in [0.1, 0.15) is 26.2 Å². The first kappa shape index (κ1) is 8.02. The molecule has 0 amide bonds. The lowest BCUT2D eigenvalue weighted by Gasteiger charge is -2.11. The van der Waals surface area contributed by atoms with Crippen molar-refractivity contribution in [3.8, 4) is 0 Å². The van der Waals surface area contributed by atoms with Gasteiger partial charge in [0, 0.05) is 18.6 Å². The maximum Gasteiger partial charge on any atom is 0.0195 e. The Morgan fingerprint density at radius 3 is 2.60 bits per heavy atom. The van der Waals surface area contributed by atoms with Crippen LogP contribution in [0, 0.1) is 0 Å². The minimum Gasteiger partial charge on any atom is -0.318 e. The van der Waals surface area contributed by atoms with Crippen LogP contribution in [0.5, 0.6) is 0 Å². The molecule has 2 unspecified atom stereocenters. The zero-order valence-electron chi connectivity index (χ0n) is 6.98. The van der Waals surface area contributed by atoms with Crippen molar-refractivity contribution in [3.05, 3.63) is 0 Å². The van der Waals surface area contributed by atoms with E-state index in [1.807, 2.05) is 7.05 Å². The van der Waals surface area contributed by atoms with Crippen LogP contribution >= 0.6 is 0 Å². The number of nitrogens with one attached hydrogen (secondary N) is 2. The highest BCUT2D eigenvalue weighted by Gasteiger charge is 2.20. The predicted molar refractivity (Wildman–Crippen MR) is 44.2 cm³/mol. The van der Waals surface area contributed by atoms with Gasteiger partial charge in [0.2, 0.25) is 0 Å². The summed E-state index contributed by atoms with van der Waals surface area (Å²) in [5, 5.41) is 6.77. The van der Waals surface area contributed by atoms with Crippen LogP contribution in [0.25, 0.3) is 0 Å². The molecule has 1 heterocycles. The number of hydrogen-bond acceptors (Lipinski definition) is 2. The fourth-order valence-electron chi connectivity index (χ4n) is 1.63. The van der Waals surface area contributed by atoms with Crippen LogP contribution in [0.2, 0.25) is 0 Å². The highest BCUT2D eigenvalue weighted by Crippen LogP contribution is 2.13. The average Bonchev–Trinajstić information content (AvgIpc) is 2.37. The molecule has 1 aliphatic rings. The molecule has 2 atom stereocenters. The van der Waals surface area contributed by atoms with Gasteiger partial charge in [0.05, 0.1) is 0 Å². The summed E-state index contributed by atoms with van der Waals surface area (Å²) in [6, 6.07) is 1.52. The first-order valence-corrected chi connectivity index (χ1v) is 4.27. The molecule has 1 saturated heterocycles.